The topological polar surface area (TPSA) is 53.4 Å². The number of carbonyl (C=O) groups excluding carboxylic acids is 1. The van der Waals surface area contributed by atoms with Crippen LogP contribution in [-0.4, -0.2) is 39.2 Å². The van der Waals surface area contributed by atoms with Gasteiger partial charge < -0.3 is 10.0 Å². The van der Waals surface area contributed by atoms with E-state index in [2.05, 4.69) is 4.98 Å². The van der Waals surface area contributed by atoms with Gasteiger partial charge in [-0.25, -0.2) is 0 Å². The Morgan fingerprint density at radius 2 is 1.55 bits per heavy atom. The highest BCUT2D eigenvalue weighted by molar-refractivity contribution is 5.95. The molecule has 4 nitrogen and oxygen atoms in total. The quantitative estimate of drug-likeness (QED) is 0.708. The monoisotopic (exact) mass is 432 g/mol. The summed E-state index contributed by atoms with van der Waals surface area (Å²) in [5.74, 6) is 0.263. The van der Waals surface area contributed by atoms with E-state index in [9.17, 15) is 23.1 Å². The van der Waals surface area contributed by atoms with E-state index in [0.29, 0.717) is 11.5 Å². The Hall–Kier alpha value is -2.41. The van der Waals surface area contributed by atoms with Crippen molar-refractivity contribution < 1.29 is 23.1 Å². The van der Waals surface area contributed by atoms with Gasteiger partial charge in [-0.1, -0.05) is 18.2 Å². The van der Waals surface area contributed by atoms with Crippen molar-refractivity contribution in [2.75, 3.05) is 0 Å². The normalized spacial score (nSPS) is 23.8. The third-order valence-electron chi connectivity index (χ3n) is 6.62. The molecule has 1 N–H and O–H groups in total. The number of alkyl halides is 3. The number of rotatable bonds is 5. The van der Waals surface area contributed by atoms with Crippen LogP contribution in [0.25, 0.3) is 0 Å². The van der Waals surface area contributed by atoms with E-state index in [1.165, 1.54) is 24.3 Å². The molecule has 1 aromatic carbocycles. The summed E-state index contributed by atoms with van der Waals surface area (Å²) in [5.41, 5.74) is -1.77. The number of amides is 1. The molecule has 2 aliphatic rings. The molecule has 31 heavy (non-hydrogen) atoms. The summed E-state index contributed by atoms with van der Waals surface area (Å²) in [5, 5.41) is 9.86. The van der Waals surface area contributed by atoms with Crippen LogP contribution in [0.1, 0.15) is 73.0 Å². The fraction of sp³-hybridized carbons (Fsp3) is 0.500. The molecule has 1 atom stereocenters. The summed E-state index contributed by atoms with van der Waals surface area (Å²) in [6.45, 7) is 0.723. The zero-order chi connectivity index (χ0) is 22.2. The van der Waals surface area contributed by atoms with Crippen LogP contribution in [0.15, 0.2) is 48.7 Å². The molecule has 2 fully saturated rings. The molecule has 1 amide bonds. The molecular weight excluding hydrogens is 405 g/mol. The molecule has 2 saturated carbocycles. The molecule has 1 heterocycles. The Labute approximate surface area is 180 Å². The van der Waals surface area contributed by atoms with Crippen molar-refractivity contribution in [3.63, 3.8) is 0 Å². The minimum Gasteiger partial charge on any atom is -0.376 e. The molecule has 0 bridgehead atoms. The van der Waals surface area contributed by atoms with E-state index in [1.807, 2.05) is 23.1 Å². The van der Waals surface area contributed by atoms with Crippen LogP contribution in [0.2, 0.25) is 0 Å². The molecule has 2 aliphatic carbocycles. The van der Waals surface area contributed by atoms with Crippen molar-refractivity contribution in [1.82, 2.24) is 9.88 Å². The van der Waals surface area contributed by atoms with Crippen LogP contribution in [0, 0.1) is 0 Å². The Bertz CT molecular complexity index is 901. The van der Waals surface area contributed by atoms with E-state index < -0.39 is 11.8 Å². The van der Waals surface area contributed by atoms with Gasteiger partial charge in [0.25, 0.3) is 5.91 Å². The van der Waals surface area contributed by atoms with Crippen LogP contribution in [0.3, 0.4) is 0 Å². The maximum Gasteiger partial charge on any atom is 0.421 e. The molecule has 0 radical (unpaired) electrons. The predicted molar refractivity (Wildman–Crippen MR) is 110 cm³/mol. The molecule has 1 aromatic heterocycles. The predicted octanol–water partition coefficient (Wildman–Crippen LogP) is 5.18. The number of hydrogen-bond acceptors (Lipinski definition) is 3. The van der Waals surface area contributed by atoms with E-state index >= 15 is 0 Å². The number of benzene rings is 1. The summed E-state index contributed by atoms with van der Waals surface area (Å²) in [4.78, 5) is 19.7. The number of carbonyl (C=O) groups is 1. The van der Waals surface area contributed by atoms with Crippen LogP contribution in [0.4, 0.5) is 13.2 Å². The number of halogens is 3. The van der Waals surface area contributed by atoms with Gasteiger partial charge in [-0.05, 0) is 75.3 Å². The number of pyridine rings is 1. The molecule has 2 aromatic rings. The van der Waals surface area contributed by atoms with Gasteiger partial charge in [0.2, 0.25) is 0 Å². The first kappa shape index (κ1) is 21.8. The average molecular weight is 432 g/mol. The minimum atomic E-state index is -4.79. The summed E-state index contributed by atoms with van der Waals surface area (Å²) >= 11 is 0. The maximum atomic E-state index is 13.3. The van der Waals surface area contributed by atoms with Crippen LogP contribution in [-0.2, 0) is 5.60 Å². The minimum absolute atomic E-state index is 0.137. The Kier molecular flexibility index (Phi) is 5.81. The summed E-state index contributed by atoms with van der Waals surface area (Å²) in [6.07, 6.45) is 2.66. The lowest BCUT2D eigenvalue weighted by atomic mass is 9.83. The van der Waals surface area contributed by atoms with E-state index in [-0.39, 0.29) is 23.6 Å². The first-order valence-electron chi connectivity index (χ1n) is 10.8. The van der Waals surface area contributed by atoms with Gasteiger partial charge in [-0.2, -0.15) is 13.2 Å². The fourth-order valence-electron chi connectivity index (χ4n) is 4.50. The smallest absolute Gasteiger partial charge is 0.376 e. The Morgan fingerprint density at radius 3 is 2.03 bits per heavy atom. The molecule has 0 saturated heterocycles. The lowest BCUT2D eigenvalue weighted by molar-refractivity contribution is -0.258. The van der Waals surface area contributed by atoms with E-state index in [4.69, 9.17) is 0 Å². The lowest BCUT2D eigenvalue weighted by Gasteiger charge is -2.37. The van der Waals surface area contributed by atoms with Gasteiger partial charge in [0.15, 0.2) is 5.60 Å². The fourth-order valence-corrected chi connectivity index (χ4v) is 4.50. The number of hydrogen-bond donors (Lipinski definition) is 1. The zero-order valence-electron chi connectivity index (χ0n) is 17.5. The lowest BCUT2D eigenvalue weighted by Crippen LogP contribution is -2.44. The average Bonchev–Trinajstić information content (AvgIpc) is 3.59. The highest BCUT2D eigenvalue weighted by Gasteiger charge is 2.51. The van der Waals surface area contributed by atoms with Crippen molar-refractivity contribution in [3.05, 3.63) is 65.5 Å². The van der Waals surface area contributed by atoms with Crippen molar-refractivity contribution in [2.24, 2.45) is 0 Å². The molecule has 0 unspecified atom stereocenters. The van der Waals surface area contributed by atoms with Crippen LogP contribution >= 0.6 is 0 Å². The third kappa shape index (κ3) is 4.47. The highest BCUT2D eigenvalue weighted by atomic mass is 19.4. The van der Waals surface area contributed by atoms with Gasteiger partial charge in [0.05, 0.1) is 0 Å². The number of aromatic nitrogens is 1. The molecule has 7 heteroatoms. The molecule has 0 aliphatic heterocycles. The highest BCUT2D eigenvalue weighted by Crippen LogP contribution is 2.40. The van der Waals surface area contributed by atoms with Crippen molar-refractivity contribution in [2.45, 2.75) is 75.2 Å². The van der Waals surface area contributed by atoms with Gasteiger partial charge in [0, 0.05) is 35.5 Å². The molecular formula is C24H27F3N2O2. The SMILES string of the molecule is C[C@](O)(c1ccc(C(=O)N(C2CC2)[C@H]2CC[C@H](c3ccccn3)CC2)cc1)C(F)(F)F. The summed E-state index contributed by atoms with van der Waals surface area (Å²) in [6, 6.07) is 11.5. The van der Waals surface area contributed by atoms with Gasteiger partial charge in [-0.3, -0.25) is 9.78 Å². The summed E-state index contributed by atoms with van der Waals surface area (Å²) < 4.78 is 39.3. The Balaban J connectivity index is 1.46. The second-order valence-electron chi connectivity index (χ2n) is 8.85. The summed E-state index contributed by atoms with van der Waals surface area (Å²) in [7, 11) is 0. The van der Waals surface area contributed by atoms with Crippen molar-refractivity contribution in [3.8, 4) is 0 Å². The maximum absolute atomic E-state index is 13.3. The largest absolute Gasteiger partial charge is 0.421 e. The first-order chi connectivity index (χ1) is 14.7. The van der Waals surface area contributed by atoms with Crippen molar-refractivity contribution >= 4 is 5.91 Å². The van der Waals surface area contributed by atoms with Gasteiger partial charge in [0.1, 0.15) is 0 Å². The second-order valence-corrected chi connectivity index (χ2v) is 8.85. The standard InChI is InChI=1S/C24H27F3N2O2/c1-23(31,24(25,26)27)18-9-5-17(6-10-18)22(30)29(20-13-14-20)19-11-7-16(8-12-19)21-4-2-3-15-28-21/h2-6,9-10,15-16,19-20,31H,7-8,11-14H2,1H3/t16-,19-,23-/m0/s1. The first-order valence-corrected chi connectivity index (χ1v) is 10.8. The number of aliphatic hydroxyl groups is 1. The molecule has 0 spiro atoms. The van der Waals surface area contributed by atoms with Crippen molar-refractivity contribution in [1.29, 1.82) is 0 Å². The third-order valence-corrected chi connectivity index (χ3v) is 6.62. The van der Waals surface area contributed by atoms with Crippen LogP contribution < -0.4 is 0 Å². The molecule has 166 valence electrons. The van der Waals surface area contributed by atoms with E-state index in [1.54, 1.807) is 6.20 Å². The Morgan fingerprint density at radius 1 is 0.968 bits per heavy atom. The van der Waals surface area contributed by atoms with Gasteiger partial charge >= 0.3 is 6.18 Å². The van der Waals surface area contributed by atoms with Crippen LogP contribution in [0.5, 0.6) is 0 Å². The number of nitrogens with zero attached hydrogens (tertiary/aromatic N) is 2. The molecule has 4 rings (SSSR count). The second kappa shape index (κ2) is 8.26. The van der Waals surface area contributed by atoms with E-state index in [0.717, 1.165) is 51.1 Å². The van der Waals surface area contributed by atoms with Gasteiger partial charge in [-0.15, -0.1) is 0 Å². The zero-order valence-corrected chi connectivity index (χ0v) is 17.5.